The molecule has 2 aromatic rings. The van der Waals surface area contributed by atoms with Gasteiger partial charge in [-0.25, -0.2) is 9.50 Å². The molecule has 1 N–H and O–H groups in total. The predicted molar refractivity (Wildman–Crippen MR) is 86.2 cm³/mol. The van der Waals surface area contributed by atoms with Crippen LogP contribution in [-0.2, 0) is 6.18 Å². The van der Waals surface area contributed by atoms with Gasteiger partial charge in [0.05, 0.1) is 0 Å². The van der Waals surface area contributed by atoms with Crippen LogP contribution in [-0.4, -0.2) is 26.5 Å². The van der Waals surface area contributed by atoms with E-state index in [2.05, 4.69) is 21.5 Å². The van der Waals surface area contributed by atoms with E-state index in [0.717, 1.165) is 37.3 Å². The minimum absolute atomic E-state index is 0.00186. The predicted octanol–water partition coefficient (Wildman–Crippen LogP) is 3.68. The van der Waals surface area contributed by atoms with Crippen molar-refractivity contribution in [2.45, 2.75) is 51.7 Å². The Labute approximate surface area is 142 Å². The topological polar surface area (TPSA) is 59.3 Å². The lowest BCUT2D eigenvalue weighted by molar-refractivity contribution is -0.142. The largest absolute Gasteiger partial charge is 0.433 e. The first kappa shape index (κ1) is 17.4. The highest BCUT2D eigenvalue weighted by Gasteiger charge is 2.35. The number of amides is 1. The summed E-state index contributed by atoms with van der Waals surface area (Å²) in [6, 6.07) is 2.02. The molecule has 0 bridgehead atoms. The van der Waals surface area contributed by atoms with Crippen molar-refractivity contribution in [2.24, 2.45) is 0 Å². The summed E-state index contributed by atoms with van der Waals surface area (Å²) in [5, 5.41) is 6.63. The minimum atomic E-state index is -4.58. The number of aryl methyl sites for hydroxylation is 1. The van der Waals surface area contributed by atoms with Crippen LogP contribution in [0.4, 0.5) is 13.2 Å². The van der Waals surface area contributed by atoms with Crippen molar-refractivity contribution in [1.29, 1.82) is 0 Å². The molecule has 134 valence electrons. The van der Waals surface area contributed by atoms with Crippen molar-refractivity contribution in [1.82, 2.24) is 19.9 Å². The molecule has 25 heavy (non-hydrogen) atoms. The van der Waals surface area contributed by atoms with Crippen LogP contribution in [0.5, 0.6) is 0 Å². The van der Waals surface area contributed by atoms with Gasteiger partial charge in [0.2, 0.25) is 0 Å². The van der Waals surface area contributed by atoms with Crippen molar-refractivity contribution < 1.29 is 18.0 Å². The fourth-order valence-electron chi connectivity index (χ4n) is 3.03. The van der Waals surface area contributed by atoms with Gasteiger partial charge >= 0.3 is 6.18 Å². The SMILES string of the molecule is Cc1cc(C(F)(F)F)n2nc(C(=O)N[C@H](C)C3=CCCCC3)cc2n1. The van der Waals surface area contributed by atoms with Crippen molar-refractivity contribution >= 4 is 11.6 Å². The van der Waals surface area contributed by atoms with E-state index in [9.17, 15) is 18.0 Å². The van der Waals surface area contributed by atoms with Crippen LogP contribution in [0.1, 0.15) is 54.5 Å². The standard InChI is InChI=1S/C17H19F3N4O/c1-10-8-14(17(18,19)20)24-15(21-10)9-13(23-24)16(25)22-11(2)12-6-4-3-5-7-12/h6,8-9,11H,3-5,7H2,1-2H3,(H,22,25)/t11-/m1/s1. The third kappa shape index (κ3) is 3.67. The molecule has 1 amide bonds. The lowest BCUT2D eigenvalue weighted by atomic mass is 9.95. The Balaban J connectivity index is 1.88. The number of alkyl halides is 3. The first-order chi connectivity index (χ1) is 11.8. The zero-order chi connectivity index (χ0) is 18.2. The molecular formula is C17H19F3N4O. The molecule has 0 fully saturated rings. The van der Waals surface area contributed by atoms with Gasteiger partial charge in [-0.3, -0.25) is 4.79 Å². The van der Waals surface area contributed by atoms with Crippen molar-refractivity contribution in [3.05, 3.63) is 40.9 Å². The molecule has 0 unspecified atom stereocenters. The van der Waals surface area contributed by atoms with Gasteiger partial charge in [-0.2, -0.15) is 18.3 Å². The summed E-state index contributed by atoms with van der Waals surface area (Å²) in [7, 11) is 0. The van der Waals surface area contributed by atoms with E-state index in [-0.39, 0.29) is 23.1 Å². The Bertz CT molecular complexity index is 838. The van der Waals surface area contributed by atoms with Crippen LogP contribution >= 0.6 is 0 Å². The van der Waals surface area contributed by atoms with E-state index >= 15 is 0 Å². The van der Waals surface area contributed by atoms with Gasteiger partial charge in [0, 0.05) is 17.8 Å². The molecule has 5 nitrogen and oxygen atoms in total. The Kier molecular flexibility index (Phi) is 4.53. The second-order valence-electron chi connectivity index (χ2n) is 6.30. The molecule has 0 radical (unpaired) electrons. The minimum Gasteiger partial charge on any atom is -0.344 e. The first-order valence-corrected chi connectivity index (χ1v) is 8.20. The molecule has 2 heterocycles. The molecule has 0 aromatic carbocycles. The van der Waals surface area contributed by atoms with Gasteiger partial charge in [-0.15, -0.1) is 0 Å². The fraction of sp³-hybridized carbons (Fsp3) is 0.471. The van der Waals surface area contributed by atoms with Crippen LogP contribution in [0, 0.1) is 6.92 Å². The Hall–Kier alpha value is -2.38. The molecule has 0 saturated carbocycles. The molecule has 0 aliphatic heterocycles. The van der Waals surface area contributed by atoms with Gasteiger partial charge in [0.1, 0.15) is 5.69 Å². The molecular weight excluding hydrogens is 333 g/mol. The van der Waals surface area contributed by atoms with Gasteiger partial charge in [0.25, 0.3) is 5.91 Å². The van der Waals surface area contributed by atoms with Gasteiger partial charge in [0.15, 0.2) is 11.3 Å². The second-order valence-corrected chi connectivity index (χ2v) is 6.30. The van der Waals surface area contributed by atoms with Crippen LogP contribution in [0.3, 0.4) is 0 Å². The van der Waals surface area contributed by atoms with Crippen molar-refractivity contribution in [2.75, 3.05) is 0 Å². The second kappa shape index (κ2) is 6.50. The summed E-state index contributed by atoms with van der Waals surface area (Å²) in [5.74, 6) is -0.504. The zero-order valence-corrected chi connectivity index (χ0v) is 14.0. The van der Waals surface area contributed by atoms with Crippen molar-refractivity contribution in [3.8, 4) is 0 Å². The Morgan fingerprint density at radius 3 is 2.72 bits per heavy atom. The number of nitrogens with zero attached hydrogens (tertiary/aromatic N) is 3. The van der Waals surface area contributed by atoms with Crippen LogP contribution in [0.2, 0.25) is 0 Å². The van der Waals surface area contributed by atoms with E-state index in [0.29, 0.717) is 4.52 Å². The average Bonchev–Trinajstić information content (AvgIpc) is 2.97. The molecule has 1 aliphatic carbocycles. The maximum atomic E-state index is 13.2. The number of fused-ring (bicyclic) bond motifs is 1. The highest BCUT2D eigenvalue weighted by Crippen LogP contribution is 2.30. The van der Waals surface area contributed by atoms with Crippen LogP contribution in [0.15, 0.2) is 23.8 Å². The molecule has 0 saturated heterocycles. The third-order valence-corrected chi connectivity index (χ3v) is 4.31. The van der Waals surface area contributed by atoms with E-state index < -0.39 is 17.8 Å². The summed E-state index contributed by atoms with van der Waals surface area (Å²) in [4.78, 5) is 16.4. The molecule has 0 spiro atoms. The number of allylic oxidation sites excluding steroid dienone is 1. The molecule has 3 rings (SSSR count). The summed E-state index contributed by atoms with van der Waals surface area (Å²) in [6.07, 6.45) is 1.67. The van der Waals surface area contributed by atoms with E-state index in [1.54, 1.807) is 0 Å². The monoisotopic (exact) mass is 352 g/mol. The highest BCUT2D eigenvalue weighted by atomic mass is 19.4. The van der Waals surface area contributed by atoms with Gasteiger partial charge < -0.3 is 5.32 Å². The molecule has 8 heteroatoms. The maximum Gasteiger partial charge on any atom is 0.433 e. The third-order valence-electron chi connectivity index (χ3n) is 4.31. The highest BCUT2D eigenvalue weighted by molar-refractivity contribution is 5.93. The van der Waals surface area contributed by atoms with Crippen LogP contribution in [0.25, 0.3) is 5.65 Å². The number of halogens is 3. The number of hydrogen-bond donors (Lipinski definition) is 1. The normalized spacial score (nSPS) is 16.6. The summed E-state index contributed by atoms with van der Waals surface area (Å²) in [6.45, 7) is 3.34. The lowest BCUT2D eigenvalue weighted by Crippen LogP contribution is -2.34. The Morgan fingerprint density at radius 2 is 2.08 bits per heavy atom. The molecule has 1 atom stereocenters. The number of rotatable bonds is 3. The number of nitrogens with one attached hydrogen (secondary N) is 1. The lowest BCUT2D eigenvalue weighted by Gasteiger charge is -2.20. The number of carbonyl (C=O) groups excluding carboxylic acids is 1. The smallest absolute Gasteiger partial charge is 0.344 e. The molecule has 1 aliphatic rings. The number of aromatic nitrogens is 3. The first-order valence-electron chi connectivity index (χ1n) is 8.20. The maximum absolute atomic E-state index is 13.2. The Morgan fingerprint density at radius 1 is 1.32 bits per heavy atom. The van der Waals surface area contributed by atoms with Gasteiger partial charge in [-0.05, 0) is 45.6 Å². The summed E-state index contributed by atoms with van der Waals surface area (Å²) < 4.78 is 40.2. The quantitative estimate of drug-likeness (QED) is 0.858. The average molecular weight is 352 g/mol. The summed E-state index contributed by atoms with van der Waals surface area (Å²) >= 11 is 0. The van der Waals surface area contributed by atoms with Crippen molar-refractivity contribution in [3.63, 3.8) is 0 Å². The fourth-order valence-corrected chi connectivity index (χ4v) is 3.03. The van der Waals surface area contributed by atoms with E-state index in [4.69, 9.17) is 0 Å². The summed E-state index contributed by atoms with van der Waals surface area (Å²) in [5.41, 5.74) is 0.340. The van der Waals surface area contributed by atoms with E-state index in [1.165, 1.54) is 13.0 Å². The number of carbonyl (C=O) groups is 1. The van der Waals surface area contributed by atoms with Crippen LogP contribution < -0.4 is 5.32 Å². The van der Waals surface area contributed by atoms with Gasteiger partial charge in [-0.1, -0.05) is 11.6 Å². The number of hydrogen-bond acceptors (Lipinski definition) is 3. The zero-order valence-electron chi connectivity index (χ0n) is 14.0. The van der Waals surface area contributed by atoms with E-state index in [1.807, 2.05) is 6.92 Å². The molecule has 2 aromatic heterocycles.